The number of hydrogen-bond donors (Lipinski definition) is 1. The highest BCUT2D eigenvalue weighted by Gasteiger charge is 2.04. The molecule has 0 heterocycles. The predicted molar refractivity (Wildman–Crippen MR) is 124 cm³/mol. The molecule has 0 aliphatic carbocycles. The first kappa shape index (κ1) is 24.7. The summed E-state index contributed by atoms with van der Waals surface area (Å²) in [5.41, 5.74) is 3.33. The van der Waals surface area contributed by atoms with E-state index in [1.807, 2.05) is 6.07 Å². The Kier molecular flexibility index (Phi) is 14.7. The highest BCUT2D eigenvalue weighted by molar-refractivity contribution is 5.91. The zero-order valence-corrected chi connectivity index (χ0v) is 19.0. The van der Waals surface area contributed by atoms with Crippen LogP contribution in [0.4, 0.5) is 5.69 Å². The summed E-state index contributed by atoms with van der Waals surface area (Å²) < 4.78 is 0. The molecule has 0 unspecified atom stereocenters. The van der Waals surface area contributed by atoms with Crippen molar-refractivity contribution < 1.29 is 4.79 Å². The second-order valence-corrected chi connectivity index (χ2v) is 8.57. The number of carbonyl (C=O) groups is 1. The van der Waals surface area contributed by atoms with E-state index < -0.39 is 0 Å². The van der Waals surface area contributed by atoms with Crippen LogP contribution >= 0.6 is 0 Å². The van der Waals surface area contributed by atoms with Crippen LogP contribution < -0.4 is 5.32 Å². The Bertz CT molecular complexity index is 523. The summed E-state index contributed by atoms with van der Waals surface area (Å²) in [6.07, 6.45) is 21.0. The van der Waals surface area contributed by atoms with E-state index in [4.69, 9.17) is 0 Å². The molecule has 1 N–H and O–H groups in total. The lowest BCUT2D eigenvalue weighted by atomic mass is 10.0. The van der Waals surface area contributed by atoms with Gasteiger partial charge in [0.05, 0.1) is 0 Å². The molecule has 28 heavy (non-hydrogen) atoms. The van der Waals surface area contributed by atoms with Gasteiger partial charge in [0.2, 0.25) is 5.91 Å². The van der Waals surface area contributed by atoms with Crippen molar-refractivity contribution in [3.63, 3.8) is 0 Å². The molecule has 1 aromatic rings. The van der Waals surface area contributed by atoms with Gasteiger partial charge in [-0.05, 0) is 31.9 Å². The van der Waals surface area contributed by atoms with E-state index in [0.717, 1.165) is 17.7 Å². The number of unbranched alkanes of at least 4 members (excludes halogenated alkanes) is 14. The fraction of sp³-hybridized carbons (Fsp3) is 0.731. The lowest BCUT2D eigenvalue weighted by Gasteiger charge is -2.09. The highest BCUT2D eigenvalue weighted by atomic mass is 16.1. The van der Waals surface area contributed by atoms with Crippen LogP contribution in [0.25, 0.3) is 0 Å². The average molecular weight is 388 g/mol. The fourth-order valence-corrected chi connectivity index (χ4v) is 3.82. The van der Waals surface area contributed by atoms with Crippen molar-refractivity contribution in [2.45, 2.75) is 124 Å². The van der Waals surface area contributed by atoms with E-state index >= 15 is 0 Å². The minimum Gasteiger partial charge on any atom is -0.326 e. The van der Waals surface area contributed by atoms with Gasteiger partial charge in [0.25, 0.3) is 0 Å². The second kappa shape index (κ2) is 16.6. The third-order valence-electron chi connectivity index (χ3n) is 5.66. The summed E-state index contributed by atoms with van der Waals surface area (Å²) in [6, 6.07) is 6.18. The number of anilines is 1. The molecule has 0 radical (unpaired) electrons. The summed E-state index contributed by atoms with van der Waals surface area (Å²) in [6.45, 7) is 6.41. The third-order valence-corrected chi connectivity index (χ3v) is 5.66. The number of hydrogen-bond acceptors (Lipinski definition) is 1. The monoisotopic (exact) mass is 387 g/mol. The number of carbonyl (C=O) groups excluding carboxylic acids is 1. The van der Waals surface area contributed by atoms with Gasteiger partial charge in [-0.1, -0.05) is 115 Å². The van der Waals surface area contributed by atoms with Crippen molar-refractivity contribution in [1.82, 2.24) is 0 Å². The van der Waals surface area contributed by atoms with Crippen molar-refractivity contribution in [3.05, 3.63) is 29.3 Å². The molecule has 0 fully saturated rings. The number of amides is 1. The van der Waals surface area contributed by atoms with Gasteiger partial charge in [-0.15, -0.1) is 0 Å². The highest BCUT2D eigenvalue weighted by Crippen LogP contribution is 2.17. The molecular formula is C26H45NO. The Hall–Kier alpha value is -1.31. The van der Waals surface area contributed by atoms with E-state index in [-0.39, 0.29) is 5.91 Å². The maximum Gasteiger partial charge on any atom is 0.224 e. The van der Waals surface area contributed by atoms with Gasteiger partial charge in [0.15, 0.2) is 0 Å². The molecule has 160 valence electrons. The van der Waals surface area contributed by atoms with E-state index in [1.54, 1.807) is 0 Å². The number of rotatable bonds is 17. The molecular weight excluding hydrogens is 342 g/mol. The molecule has 0 atom stereocenters. The van der Waals surface area contributed by atoms with Crippen LogP contribution in [0.5, 0.6) is 0 Å². The Balaban J connectivity index is 1.86. The smallest absolute Gasteiger partial charge is 0.224 e. The predicted octanol–water partition coefficient (Wildman–Crippen LogP) is 8.50. The van der Waals surface area contributed by atoms with Crippen molar-refractivity contribution >= 4 is 11.6 Å². The SMILES string of the molecule is CCCCCCCCCCCCCCCCCC(=O)Nc1ccc(C)cc1C. The Morgan fingerprint density at radius 3 is 1.64 bits per heavy atom. The van der Waals surface area contributed by atoms with Crippen LogP contribution in [-0.4, -0.2) is 5.91 Å². The van der Waals surface area contributed by atoms with Gasteiger partial charge in [-0.25, -0.2) is 0 Å². The van der Waals surface area contributed by atoms with E-state index in [0.29, 0.717) is 6.42 Å². The molecule has 0 bridgehead atoms. The molecule has 0 saturated heterocycles. The number of benzene rings is 1. The van der Waals surface area contributed by atoms with Crippen LogP contribution in [0.3, 0.4) is 0 Å². The molecule has 2 nitrogen and oxygen atoms in total. The molecule has 0 aromatic heterocycles. The zero-order valence-electron chi connectivity index (χ0n) is 19.0. The van der Waals surface area contributed by atoms with Gasteiger partial charge >= 0.3 is 0 Å². The van der Waals surface area contributed by atoms with Crippen molar-refractivity contribution in [2.24, 2.45) is 0 Å². The quantitative estimate of drug-likeness (QED) is 0.267. The molecule has 2 heteroatoms. The minimum atomic E-state index is 0.154. The molecule has 1 rings (SSSR count). The third kappa shape index (κ3) is 13.0. The van der Waals surface area contributed by atoms with Gasteiger partial charge in [0, 0.05) is 12.1 Å². The Morgan fingerprint density at radius 1 is 0.714 bits per heavy atom. The number of nitrogens with one attached hydrogen (secondary N) is 1. The summed E-state index contributed by atoms with van der Waals surface area (Å²) in [5, 5.41) is 3.05. The minimum absolute atomic E-state index is 0.154. The van der Waals surface area contributed by atoms with E-state index in [9.17, 15) is 4.79 Å². The maximum absolute atomic E-state index is 12.1. The number of aryl methyl sites for hydroxylation is 2. The van der Waals surface area contributed by atoms with Crippen LogP contribution in [0.15, 0.2) is 18.2 Å². The van der Waals surface area contributed by atoms with Crippen molar-refractivity contribution in [1.29, 1.82) is 0 Å². The van der Waals surface area contributed by atoms with Crippen LogP contribution in [0.1, 0.15) is 121 Å². The summed E-state index contributed by atoms with van der Waals surface area (Å²) >= 11 is 0. The summed E-state index contributed by atoms with van der Waals surface area (Å²) in [5.74, 6) is 0.154. The molecule has 0 aliphatic rings. The lowest BCUT2D eigenvalue weighted by molar-refractivity contribution is -0.116. The Labute approximate surface area is 174 Å². The first-order chi connectivity index (χ1) is 13.6. The van der Waals surface area contributed by atoms with Gasteiger partial charge in [0.1, 0.15) is 0 Å². The first-order valence-corrected chi connectivity index (χ1v) is 12.0. The molecule has 0 saturated carbocycles. The van der Waals surface area contributed by atoms with Crippen LogP contribution in [0.2, 0.25) is 0 Å². The van der Waals surface area contributed by atoms with Gasteiger partial charge in [-0.3, -0.25) is 4.79 Å². The lowest BCUT2D eigenvalue weighted by Crippen LogP contribution is -2.12. The Morgan fingerprint density at radius 2 is 1.18 bits per heavy atom. The normalized spacial score (nSPS) is 11.0. The molecule has 1 amide bonds. The second-order valence-electron chi connectivity index (χ2n) is 8.57. The van der Waals surface area contributed by atoms with Gasteiger partial charge < -0.3 is 5.32 Å². The van der Waals surface area contributed by atoms with Crippen molar-refractivity contribution in [3.8, 4) is 0 Å². The van der Waals surface area contributed by atoms with E-state index in [2.05, 4.69) is 38.2 Å². The fourth-order valence-electron chi connectivity index (χ4n) is 3.82. The van der Waals surface area contributed by atoms with Gasteiger partial charge in [-0.2, -0.15) is 0 Å². The summed E-state index contributed by atoms with van der Waals surface area (Å²) in [4.78, 5) is 12.1. The van der Waals surface area contributed by atoms with Crippen LogP contribution in [0, 0.1) is 13.8 Å². The standard InChI is InChI=1S/C26H45NO/c1-4-5-6-7-8-9-10-11-12-13-14-15-16-17-18-19-26(28)27-25-21-20-23(2)22-24(25)3/h20-22H,4-19H2,1-3H3,(H,27,28). The summed E-state index contributed by atoms with van der Waals surface area (Å²) in [7, 11) is 0. The first-order valence-electron chi connectivity index (χ1n) is 12.0. The zero-order chi connectivity index (χ0) is 20.5. The van der Waals surface area contributed by atoms with Crippen molar-refractivity contribution in [2.75, 3.05) is 5.32 Å². The largest absolute Gasteiger partial charge is 0.326 e. The molecule has 1 aromatic carbocycles. The topological polar surface area (TPSA) is 29.1 Å². The van der Waals surface area contributed by atoms with Crippen LogP contribution in [-0.2, 0) is 4.79 Å². The maximum atomic E-state index is 12.1. The average Bonchev–Trinajstić information content (AvgIpc) is 2.67. The van der Waals surface area contributed by atoms with E-state index in [1.165, 1.54) is 95.5 Å². The molecule has 0 aliphatic heterocycles. The molecule has 0 spiro atoms.